The van der Waals surface area contributed by atoms with Crippen LogP contribution in [0.25, 0.3) is 0 Å². The Morgan fingerprint density at radius 2 is 1.86 bits per heavy atom. The molecule has 0 bridgehead atoms. The Kier molecular flexibility index (Phi) is 4.63. The van der Waals surface area contributed by atoms with Crippen LogP contribution in [-0.4, -0.2) is 53.7 Å². The topological polar surface area (TPSA) is 26.7 Å². The summed E-state index contributed by atoms with van der Waals surface area (Å²) >= 11 is 0. The van der Waals surface area contributed by atoms with Gasteiger partial charge in [0.25, 0.3) is 0 Å². The van der Waals surface area contributed by atoms with Gasteiger partial charge >= 0.3 is 0 Å². The molecule has 0 amide bonds. The second-order valence-electron chi connectivity index (χ2n) is 6.88. The van der Waals surface area contributed by atoms with Crippen molar-refractivity contribution in [2.75, 3.05) is 32.7 Å². The van der Waals surface area contributed by atoms with Crippen LogP contribution in [0.5, 0.6) is 0 Å². The van der Waals surface area contributed by atoms with Crippen molar-refractivity contribution in [3.8, 4) is 0 Å². The fourth-order valence-electron chi connectivity index (χ4n) is 3.94. The van der Waals surface area contributed by atoms with Gasteiger partial charge in [0, 0.05) is 32.2 Å². The van der Waals surface area contributed by atoms with Crippen LogP contribution < -0.4 is 0 Å². The van der Waals surface area contributed by atoms with Crippen LogP contribution in [-0.2, 0) is 0 Å². The summed E-state index contributed by atoms with van der Waals surface area (Å²) in [6.07, 6.45) is 3.70. The van der Waals surface area contributed by atoms with Gasteiger partial charge in [-0.25, -0.2) is 0 Å². The lowest BCUT2D eigenvalue weighted by molar-refractivity contribution is 0.0234. The Labute approximate surface area is 128 Å². The molecule has 1 aromatic carbocycles. The van der Waals surface area contributed by atoms with Crippen LogP contribution >= 0.6 is 0 Å². The first kappa shape index (κ1) is 15.0. The summed E-state index contributed by atoms with van der Waals surface area (Å²) in [6, 6.07) is 7.12. The van der Waals surface area contributed by atoms with Gasteiger partial charge in [0.05, 0.1) is 6.10 Å². The molecule has 2 fully saturated rings. The number of piperidine rings is 1. The summed E-state index contributed by atoms with van der Waals surface area (Å²) in [7, 11) is 0. The van der Waals surface area contributed by atoms with E-state index in [0.29, 0.717) is 0 Å². The highest BCUT2D eigenvalue weighted by molar-refractivity contribution is 5.30. The van der Waals surface area contributed by atoms with Crippen LogP contribution in [0.1, 0.15) is 42.1 Å². The summed E-state index contributed by atoms with van der Waals surface area (Å²) < 4.78 is 0. The Balaban J connectivity index is 1.60. The zero-order chi connectivity index (χ0) is 14.8. The Hall–Kier alpha value is -0.900. The predicted molar refractivity (Wildman–Crippen MR) is 86.5 cm³/mol. The molecule has 0 radical (unpaired) electrons. The van der Waals surface area contributed by atoms with Crippen LogP contribution in [0.3, 0.4) is 0 Å². The van der Waals surface area contributed by atoms with Gasteiger partial charge in [-0.3, -0.25) is 9.80 Å². The molecule has 3 rings (SSSR count). The van der Waals surface area contributed by atoms with Gasteiger partial charge < -0.3 is 5.11 Å². The standard InChI is InChI=1S/C18H28N2O/c1-14-9-15(2)11-16(10-14)18(21)13-19-7-8-20-6-4-3-5-17(20)12-19/h9-11,17-18,21H,3-8,12-13H2,1-2H3. The normalized spacial score (nSPS) is 25.6. The van der Waals surface area contributed by atoms with E-state index in [9.17, 15) is 5.11 Å². The van der Waals surface area contributed by atoms with E-state index in [1.165, 1.54) is 43.5 Å². The highest BCUT2D eigenvalue weighted by Gasteiger charge is 2.29. The van der Waals surface area contributed by atoms with Crippen molar-refractivity contribution in [1.82, 2.24) is 9.80 Å². The largest absolute Gasteiger partial charge is 0.387 e. The molecule has 3 heteroatoms. The molecule has 0 aromatic heterocycles. The number of aliphatic hydroxyl groups is 1. The maximum absolute atomic E-state index is 10.6. The zero-order valence-corrected chi connectivity index (χ0v) is 13.4. The van der Waals surface area contributed by atoms with Crippen molar-refractivity contribution < 1.29 is 5.11 Å². The molecule has 2 unspecified atom stereocenters. The number of aryl methyl sites for hydroxylation is 2. The molecular formula is C18H28N2O. The molecule has 2 aliphatic rings. The molecule has 2 atom stereocenters. The van der Waals surface area contributed by atoms with E-state index in [-0.39, 0.29) is 6.10 Å². The van der Waals surface area contributed by atoms with Crippen LogP contribution in [0.2, 0.25) is 0 Å². The first-order valence-corrected chi connectivity index (χ1v) is 8.34. The lowest BCUT2D eigenvalue weighted by Gasteiger charge is -2.44. The van der Waals surface area contributed by atoms with Gasteiger partial charge in [0.1, 0.15) is 0 Å². The molecular weight excluding hydrogens is 260 g/mol. The molecule has 116 valence electrons. The Morgan fingerprint density at radius 3 is 2.62 bits per heavy atom. The third-order valence-electron chi connectivity index (χ3n) is 4.98. The maximum Gasteiger partial charge on any atom is 0.0917 e. The first-order valence-electron chi connectivity index (χ1n) is 8.34. The Morgan fingerprint density at radius 1 is 1.10 bits per heavy atom. The zero-order valence-electron chi connectivity index (χ0n) is 13.4. The van der Waals surface area contributed by atoms with Crippen LogP contribution in [0.4, 0.5) is 0 Å². The Bertz CT molecular complexity index is 468. The minimum absolute atomic E-state index is 0.362. The summed E-state index contributed by atoms with van der Waals surface area (Å²) in [4.78, 5) is 5.10. The quantitative estimate of drug-likeness (QED) is 0.926. The molecule has 0 spiro atoms. The fourth-order valence-corrected chi connectivity index (χ4v) is 3.94. The van der Waals surface area contributed by atoms with E-state index < -0.39 is 0 Å². The van der Waals surface area contributed by atoms with E-state index in [1.807, 2.05) is 0 Å². The van der Waals surface area contributed by atoms with Gasteiger partial charge in [0.2, 0.25) is 0 Å². The average molecular weight is 288 g/mol. The van der Waals surface area contributed by atoms with Gasteiger partial charge in [-0.2, -0.15) is 0 Å². The summed E-state index contributed by atoms with van der Waals surface area (Å²) in [5.74, 6) is 0. The highest BCUT2D eigenvalue weighted by atomic mass is 16.3. The van der Waals surface area contributed by atoms with Crippen molar-refractivity contribution >= 4 is 0 Å². The fraction of sp³-hybridized carbons (Fsp3) is 0.667. The lowest BCUT2D eigenvalue weighted by atomic mass is 9.98. The second kappa shape index (κ2) is 6.47. The SMILES string of the molecule is Cc1cc(C)cc(C(O)CN2CCN3CCCCC3C2)c1. The van der Waals surface area contributed by atoms with Crippen molar-refractivity contribution in [2.24, 2.45) is 0 Å². The van der Waals surface area contributed by atoms with Crippen molar-refractivity contribution in [2.45, 2.75) is 45.3 Å². The molecule has 21 heavy (non-hydrogen) atoms. The van der Waals surface area contributed by atoms with Crippen molar-refractivity contribution in [3.63, 3.8) is 0 Å². The van der Waals surface area contributed by atoms with Crippen molar-refractivity contribution in [1.29, 1.82) is 0 Å². The van der Waals surface area contributed by atoms with Crippen LogP contribution in [0, 0.1) is 13.8 Å². The van der Waals surface area contributed by atoms with Gasteiger partial charge in [0.15, 0.2) is 0 Å². The number of nitrogens with zero attached hydrogens (tertiary/aromatic N) is 2. The molecule has 1 aromatic rings. The summed E-state index contributed by atoms with van der Waals surface area (Å²) in [5, 5.41) is 10.6. The molecule has 2 aliphatic heterocycles. The lowest BCUT2D eigenvalue weighted by Crippen LogP contribution is -2.55. The number of aliphatic hydroxyl groups excluding tert-OH is 1. The third-order valence-corrected chi connectivity index (χ3v) is 4.98. The summed E-state index contributed by atoms with van der Waals surface area (Å²) in [5.41, 5.74) is 3.54. The minimum Gasteiger partial charge on any atom is -0.387 e. The molecule has 2 saturated heterocycles. The monoisotopic (exact) mass is 288 g/mol. The van der Waals surface area contributed by atoms with E-state index in [0.717, 1.165) is 31.2 Å². The molecule has 1 N–H and O–H groups in total. The molecule has 3 nitrogen and oxygen atoms in total. The third kappa shape index (κ3) is 3.65. The second-order valence-corrected chi connectivity index (χ2v) is 6.88. The number of rotatable bonds is 3. The number of benzene rings is 1. The summed E-state index contributed by atoms with van der Waals surface area (Å²) in [6.45, 7) is 9.64. The molecule has 0 aliphatic carbocycles. The number of piperazine rings is 1. The highest BCUT2D eigenvalue weighted by Crippen LogP contribution is 2.23. The van der Waals surface area contributed by atoms with Gasteiger partial charge in [-0.15, -0.1) is 0 Å². The number of hydrogen-bond donors (Lipinski definition) is 1. The minimum atomic E-state index is -0.362. The maximum atomic E-state index is 10.6. The number of hydrogen-bond acceptors (Lipinski definition) is 3. The van der Waals surface area contributed by atoms with E-state index in [4.69, 9.17) is 0 Å². The van der Waals surface area contributed by atoms with Gasteiger partial charge in [-0.05, 0) is 38.8 Å². The predicted octanol–water partition coefficient (Wildman–Crippen LogP) is 2.51. The average Bonchev–Trinajstić information content (AvgIpc) is 2.46. The van der Waals surface area contributed by atoms with E-state index in [2.05, 4.69) is 41.8 Å². The molecule has 2 heterocycles. The molecule has 0 saturated carbocycles. The smallest absolute Gasteiger partial charge is 0.0917 e. The number of β-amino-alcohol motifs (C(OH)–C–C–N with tert-alkyl or cyclic N) is 1. The number of fused-ring (bicyclic) bond motifs is 1. The first-order chi connectivity index (χ1) is 10.1. The van der Waals surface area contributed by atoms with Gasteiger partial charge in [-0.1, -0.05) is 35.7 Å². The van der Waals surface area contributed by atoms with E-state index >= 15 is 0 Å². The van der Waals surface area contributed by atoms with Crippen molar-refractivity contribution in [3.05, 3.63) is 34.9 Å². The van der Waals surface area contributed by atoms with Crippen LogP contribution in [0.15, 0.2) is 18.2 Å². The van der Waals surface area contributed by atoms with E-state index in [1.54, 1.807) is 0 Å².